The summed E-state index contributed by atoms with van der Waals surface area (Å²) in [7, 11) is 0. The molecule has 0 aliphatic heterocycles. The molecule has 4 heteroatoms. The Kier molecular flexibility index (Phi) is 5.43. The number of aryl methyl sites for hydroxylation is 2. The number of carbonyl (C=O) groups excluding carboxylic acids is 1. The lowest BCUT2D eigenvalue weighted by molar-refractivity contribution is 0.0901. The highest BCUT2D eigenvalue weighted by Crippen LogP contribution is 2.27. The molecule has 0 radical (unpaired) electrons. The van der Waals surface area contributed by atoms with E-state index in [1.807, 2.05) is 38.1 Å². The van der Waals surface area contributed by atoms with Crippen molar-refractivity contribution in [1.29, 1.82) is 0 Å². The number of rotatable bonds is 6. The van der Waals surface area contributed by atoms with Gasteiger partial charge in [0, 0.05) is 17.6 Å². The molecule has 1 unspecified atom stereocenters. The van der Waals surface area contributed by atoms with E-state index in [-0.39, 0.29) is 11.9 Å². The van der Waals surface area contributed by atoms with Crippen molar-refractivity contribution in [1.82, 2.24) is 5.32 Å². The summed E-state index contributed by atoms with van der Waals surface area (Å²) in [5.74, 6) is 0.112. The van der Waals surface area contributed by atoms with E-state index in [0.29, 0.717) is 24.6 Å². The highest BCUT2D eigenvalue weighted by molar-refractivity contribution is 5.99. The Hall–Kier alpha value is -2.59. The monoisotopic (exact) mass is 351 g/mol. The van der Waals surface area contributed by atoms with E-state index in [2.05, 4.69) is 37.4 Å². The van der Waals surface area contributed by atoms with Crippen LogP contribution in [0.3, 0.4) is 0 Å². The van der Waals surface area contributed by atoms with Gasteiger partial charge in [0.05, 0.1) is 12.6 Å². The lowest BCUT2D eigenvalue weighted by Crippen LogP contribution is -2.27. The van der Waals surface area contributed by atoms with Gasteiger partial charge in [-0.15, -0.1) is 0 Å². The first kappa shape index (κ1) is 18.2. The normalized spacial score (nSPS) is 12.3. The van der Waals surface area contributed by atoms with Gasteiger partial charge in [-0.05, 0) is 44.9 Å². The maximum Gasteiger partial charge on any atom is 0.287 e. The molecule has 1 amide bonds. The van der Waals surface area contributed by atoms with Crippen LogP contribution in [-0.4, -0.2) is 12.5 Å². The van der Waals surface area contributed by atoms with Crippen molar-refractivity contribution in [3.8, 4) is 0 Å². The third kappa shape index (κ3) is 3.65. The summed E-state index contributed by atoms with van der Waals surface area (Å²) < 4.78 is 11.4. The van der Waals surface area contributed by atoms with Crippen LogP contribution in [0.2, 0.25) is 0 Å². The quantitative estimate of drug-likeness (QED) is 0.674. The fourth-order valence-corrected chi connectivity index (χ4v) is 3.20. The molecule has 4 nitrogen and oxygen atoms in total. The van der Waals surface area contributed by atoms with E-state index >= 15 is 0 Å². The number of amides is 1. The summed E-state index contributed by atoms with van der Waals surface area (Å²) in [5.41, 5.74) is 4.94. The first-order valence-corrected chi connectivity index (χ1v) is 8.97. The Balaban J connectivity index is 1.90. The van der Waals surface area contributed by atoms with Crippen LogP contribution < -0.4 is 5.32 Å². The number of furan rings is 1. The summed E-state index contributed by atoms with van der Waals surface area (Å²) in [6, 6.07) is 13.8. The molecule has 1 N–H and O–H groups in total. The maximum atomic E-state index is 12.9. The van der Waals surface area contributed by atoms with Crippen molar-refractivity contribution in [3.63, 3.8) is 0 Å². The third-order valence-corrected chi connectivity index (χ3v) is 4.60. The summed E-state index contributed by atoms with van der Waals surface area (Å²) in [6.45, 7) is 8.97. The number of para-hydroxylation sites is 1. The molecule has 0 fully saturated rings. The van der Waals surface area contributed by atoms with Crippen LogP contribution in [0.25, 0.3) is 11.0 Å². The molecule has 0 aliphatic rings. The molecule has 0 saturated heterocycles. The minimum atomic E-state index is -0.218. The topological polar surface area (TPSA) is 51.5 Å². The van der Waals surface area contributed by atoms with Gasteiger partial charge in [-0.25, -0.2) is 0 Å². The molecule has 0 bridgehead atoms. The number of nitrogens with one attached hydrogen (secondary N) is 1. The van der Waals surface area contributed by atoms with Crippen molar-refractivity contribution < 1.29 is 13.9 Å². The van der Waals surface area contributed by atoms with Crippen LogP contribution in [-0.2, 0) is 11.3 Å². The number of hydrogen-bond acceptors (Lipinski definition) is 3. The smallest absolute Gasteiger partial charge is 0.287 e. The van der Waals surface area contributed by atoms with E-state index in [0.717, 1.165) is 22.1 Å². The van der Waals surface area contributed by atoms with Crippen molar-refractivity contribution in [2.75, 3.05) is 6.61 Å². The third-order valence-electron chi connectivity index (χ3n) is 4.60. The zero-order chi connectivity index (χ0) is 18.7. The van der Waals surface area contributed by atoms with Crippen LogP contribution in [0, 0.1) is 13.8 Å². The Morgan fingerprint density at radius 1 is 1.19 bits per heavy atom. The lowest BCUT2D eigenvalue weighted by Gasteiger charge is -2.17. The van der Waals surface area contributed by atoms with Gasteiger partial charge in [0.25, 0.3) is 5.91 Å². The molecule has 3 rings (SSSR count). The number of ether oxygens (including phenoxy) is 1. The van der Waals surface area contributed by atoms with Crippen molar-refractivity contribution in [2.24, 2.45) is 0 Å². The lowest BCUT2D eigenvalue weighted by atomic mass is 10.00. The maximum absolute atomic E-state index is 12.9. The first-order chi connectivity index (χ1) is 12.5. The van der Waals surface area contributed by atoms with Crippen LogP contribution in [0.5, 0.6) is 0 Å². The second-order valence-corrected chi connectivity index (χ2v) is 6.60. The van der Waals surface area contributed by atoms with Gasteiger partial charge in [-0.2, -0.15) is 0 Å². The van der Waals surface area contributed by atoms with E-state index in [4.69, 9.17) is 9.15 Å². The Morgan fingerprint density at radius 3 is 2.73 bits per heavy atom. The Labute approximate surface area is 154 Å². The largest absolute Gasteiger partial charge is 0.451 e. The molecule has 1 aromatic heterocycles. The molecule has 136 valence electrons. The van der Waals surface area contributed by atoms with Crippen LogP contribution in [0.15, 0.2) is 46.9 Å². The molecule has 1 heterocycles. The SMILES string of the molecule is CCOCc1c(C(=O)NC(C)c2cc(C)ccc2C)oc2ccccc12. The molecule has 0 saturated carbocycles. The van der Waals surface area contributed by atoms with E-state index in [1.165, 1.54) is 5.56 Å². The minimum Gasteiger partial charge on any atom is -0.451 e. The van der Waals surface area contributed by atoms with Crippen LogP contribution >= 0.6 is 0 Å². The van der Waals surface area contributed by atoms with Gasteiger partial charge in [0.15, 0.2) is 5.76 Å². The van der Waals surface area contributed by atoms with Gasteiger partial charge >= 0.3 is 0 Å². The molecular weight excluding hydrogens is 326 g/mol. The number of fused-ring (bicyclic) bond motifs is 1. The fraction of sp³-hybridized carbons (Fsp3) is 0.318. The first-order valence-electron chi connectivity index (χ1n) is 8.97. The van der Waals surface area contributed by atoms with E-state index in [1.54, 1.807) is 0 Å². The fourth-order valence-electron chi connectivity index (χ4n) is 3.20. The van der Waals surface area contributed by atoms with Gasteiger partial charge in [-0.3, -0.25) is 4.79 Å². The van der Waals surface area contributed by atoms with Gasteiger partial charge < -0.3 is 14.5 Å². The molecule has 0 aliphatic carbocycles. The van der Waals surface area contributed by atoms with Gasteiger partial charge in [0.1, 0.15) is 5.58 Å². The second-order valence-electron chi connectivity index (χ2n) is 6.60. The zero-order valence-corrected chi connectivity index (χ0v) is 15.8. The van der Waals surface area contributed by atoms with Crippen molar-refractivity contribution >= 4 is 16.9 Å². The molecule has 1 atom stereocenters. The average Bonchev–Trinajstić information content (AvgIpc) is 3.00. The number of hydrogen-bond donors (Lipinski definition) is 1. The summed E-state index contributed by atoms with van der Waals surface area (Å²) >= 11 is 0. The minimum absolute atomic E-state index is 0.115. The highest BCUT2D eigenvalue weighted by atomic mass is 16.5. The number of carbonyl (C=O) groups is 1. The van der Waals surface area contributed by atoms with Crippen LogP contribution in [0.4, 0.5) is 0 Å². The summed E-state index contributed by atoms with van der Waals surface area (Å²) in [6.07, 6.45) is 0. The standard InChI is InChI=1S/C22H25NO3/c1-5-25-13-19-17-8-6-7-9-20(17)26-21(19)22(24)23-16(4)18-12-14(2)10-11-15(18)3/h6-12,16H,5,13H2,1-4H3,(H,23,24). The molecular formula is C22H25NO3. The van der Waals surface area contributed by atoms with Gasteiger partial charge in [-0.1, -0.05) is 42.0 Å². The second kappa shape index (κ2) is 7.75. The van der Waals surface area contributed by atoms with Crippen molar-refractivity contribution in [2.45, 2.75) is 40.3 Å². The van der Waals surface area contributed by atoms with E-state index in [9.17, 15) is 4.79 Å². The van der Waals surface area contributed by atoms with Crippen molar-refractivity contribution in [3.05, 3.63) is 70.5 Å². The highest BCUT2D eigenvalue weighted by Gasteiger charge is 2.22. The molecule has 3 aromatic rings. The molecule has 2 aromatic carbocycles. The van der Waals surface area contributed by atoms with Crippen LogP contribution in [0.1, 0.15) is 52.7 Å². The molecule has 26 heavy (non-hydrogen) atoms. The predicted octanol–water partition coefficient (Wildman–Crippen LogP) is 5.08. The molecule has 0 spiro atoms. The van der Waals surface area contributed by atoms with Gasteiger partial charge in [0.2, 0.25) is 0 Å². The average molecular weight is 351 g/mol. The summed E-state index contributed by atoms with van der Waals surface area (Å²) in [5, 5.41) is 3.99. The predicted molar refractivity (Wildman–Crippen MR) is 103 cm³/mol. The Bertz CT molecular complexity index is 926. The van der Waals surface area contributed by atoms with E-state index < -0.39 is 0 Å². The zero-order valence-electron chi connectivity index (χ0n) is 15.8. The number of benzene rings is 2. The Morgan fingerprint density at radius 2 is 1.96 bits per heavy atom. The summed E-state index contributed by atoms with van der Waals surface area (Å²) in [4.78, 5) is 12.9.